The molecule has 3 nitrogen and oxygen atoms in total. The van der Waals surface area contributed by atoms with E-state index in [2.05, 4.69) is 23.3 Å². The van der Waals surface area contributed by atoms with Gasteiger partial charge in [-0.05, 0) is 31.9 Å². The number of anilines is 1. The van der Waals surface area contributed by atoms with Crippen molar-refractivity contribution in [2.75, 3.05) is 11.9 Å². The second-order valence-electron chi connectivity index (χ2n) is 4.05. The van der Waals surface area contributed by atoms with Crippen molar-refractivity contribution in [2.24, 2.45) is 0 Å². The fraction of sp³-hybridized carbons (Fsp3) is 0.538. The van der Waals surface area contributed by atoms with Gasteiger partial charge in [-0.2, -0.15) is 5.26 Å². The van der Waals surface area contributed by atoms with Gasteiger partial charge in [-0.15, -0.1) is 0 Å². The monoisotopic (exact) mass is 217 g/mol. The Morgan fingerprint density at radius 3 is 2.75 bits per heavy atom. The molecule has 1 rings (SSSR count). The number of hydrogen-bond donors (Lipinski definition) is 1. The maximum absolute atomic E-state index is 9.06. The number of nitrogens with zero attached hydrogens (tertiary/aromatic N) is 2. The molecule has 0 unspecified atom stereocenters. The Morgan fingerprint density at radius 1 is 1.38 bits per heavy atom. The number of nitriles is 1. The first-order valence-corrected chi connectivity index (χ1v) is 5.81. The predicted molar refractivity (Wildman–Crippen MR) is 66.4 cm³/mol. The van der Waals surface area contributed by atoms with E-state index in [1.165, 1.54) is 12.8 Å². The number of nitrogens with one attached hydrogen (secondary N) is 1. The highest BCUT2D eigenvalue weighted by molar-refractivity contribution is 5.56. The zero-order valence-corrected chi connectivity index (χ0v) is 10.3. The van der Waals surface area contributed by atoms with E-state index in [9.17, 15) is 0 Å². The summed E-state index contributed by atoms with van der Waals surface area (Å²) in [6.07, 6.45) is 3.53. The van der Waals surface area contributed by atoms with Gasteiger partial charge in [-0.3, -0.25) is 0 Å². The smallest absolute Gasteiger partial charge is 0.144 e. The van der Waals surface area contributed by atoms with Crippen molar-refractivity contribution in [1.82, 2.24) is 4.98 Å². The van der Waals surface area contributed by atoms with Crippen LogP contribution in [0, 0.1) is 25.2 Å². The Kier molecular flexibility index (Phi) is 4.78. The SMILES string of the molecule is CCCCCNc1nc(C)cc(C)c1C#N. The summed E-state index contributed by atoms with van der Waals surface area (Å²) in [5.41, 5.74) is 2.62. The van der Waals surface area contributed by atoms with E-state index >= 15 is 0 Å². The van der Waals surface area contributed by atoms with E-state index in [-0.39, 0.29) is 0 Å². The minimum Gasteiger partial charge on any atom is -0.369 e. The number of aromatic nitrogens is 1. The second kappa shape index (κ2) is 6.12. The molecule has 0 fully saturated rings. The van der Waals surface area contributed by atoms with Crippen LogP contribution in [0.5, 0.6) is 0 Å². The van der Waals surface area contributed by atoms with Crippen LogP contribution in [-0.2, 0) is 0 Å². The fourth-order valence-corrected chi connectivity index (χ4v) is 1.69. The molecule has 0 amide bonds. The summed E-state index contributed by atoms with van der Waals surface area (Å²) in [7, 11) is 0. The highest BCUT2D eigenvalue weighted by atomic mass is 15.0. The molecule has 0 saturated heterocycles. The minimum absolute atomic E-state index is 0.669. The van der Waals surface area contributed by atoms with Crippen molar-refractivity contribution in [1.29, 1.82) is 5.26 Å². The summed E-state index contributed by atoms with van der Waals surface area (Å²) in [5, 5.41) is 12.3. The Morgan fingerprint density at radius 2 is 2.12 bits per heavy atom. The van der Waals surface area contributed by atoms with Crippen molar-refractivity contribution in [2.45, 2.75) is 40.0 Å². The molecule has 0 spiro atoms. The summed E-state index contributed by atoms with van der Waals surface area (Å²) >= 11 is 0. The molecule has 1 heterocycles. The first kappa shape index (κ1) is 12.5. The van der Waals surface area contributed by atoms with Crippen LogP contribution in [0.3, 0.4) is 0 Å². The minimum atomic E-state index is 0.669. The van der Waals surface area contributed by atoms with E-state index in [1.54, 1.807) is 0 Å². The highest BCUT2D eigenvalue weighted by Crippen LogP contribution is 2.17. The van der Waals surface area contributed by atoms with Crippen LogP contribution >= 0.6 is 0 Å². The molecule has 0 aliphatic carbocycles. The summed E-state index contributed by atoms with van der Waals surface area (Å²) in [6, 6.07) is 4.15. The van der Waals surface area contributed by atoms with Crippen molar-refractivity contribution >= 4 is 5.82 Å². The molecule has 86 valence electrons. The standard InChI is InChI=1S/C13H19N3/c1-4-5-6-7-15-13-12(9-14)10(2)8-11(3)16-13/h8H,4-7H2,1-3H3,(H,15,16). The second-order valence-corrected chi connectivity index (χ2v) is 4.05. The quantitative estimate of drug-likeness (QED) is 0.771. The van der Waals surface area contributed by atoms with Crippen LogP contribution in [0.15, 0.2) is 6.07 Å². The van der Waals surface area contributed by atoms with Gasteiger partial charge < -0.3 is 5.32 Å². The van der Waals surface area contributed by atoms with E-state index in [1.807, 2.05) is 19.9 Å². The number of aryl methyl sites for hydroxylation is 2. The van der Waals surface area contributed by atoms with Gasteiger partial charge in [0, 0.05) is 12.2 Å². The van der Waals surface area contributed by atoms with Gasteiger partial charge in [0.05, 0.1) is 5.56 Å². The van der Waals surface area contributed by atoms with Crippen LogP contribution in [-0.4, -0.2) is 11.5 Å². The molecule has 0 radical (unpaired) electrons. The van der Waals surface area contributed by atoms with Gasteiger partial charge >= 0.3 is 0 Å². The van der Waals surface area contributed by atoms with Gasteiger partial charge in [-0.25, -0.2) is 4.98 Å². The lowest BCUT2D eigenvalue weighted by atomic mass is 10.1. The Hall–Kier alpha value is -1.56. The largest absolute Gasteiger partial charge is 0.369 e. The van der Waals surface area contributed by atoms with E-state index in [0.717, 1.165) is 30.0 Å². The van der Waals surface area contributed by atoms with Gasteiger partial charge in [0.2, 0.25) is 0 Å². The topological polar surface area (TPSA) is 48.7 Å². The first-order chi connectivity index (χ1) is 7.69. The lowest BCUT2D eigenvalue weighted by Gasteiger charge is -2.09. The molecule has 0 aliphatic rings. The third kappa shape index (κ3) is 3.23. The number of pyridine rings is 1. The fourth-order valence-electron chi connectivity index (χ4n) is 1.69. The molecule has 0 aromatic carbocycles. The molecule has 1 N–H and O–H groups in total. The number of rotatable bonds is 5. The average Bonchev–Trinajstić information content (AvgIpc) is 2.24. The van der Waals surface area contributed by atoms with Gasteiger partial charge in [0.15, 0.2) is 0 Å². The van der Waals surface area contributed by atoms with Crippen LogP contribution in [0.4, 0.5) is 5.82 Å². The third-order valence-corrected chi connectivity index (χ3v) is 2.53. The maximum atomic E-state index is 9.06. The van der Waals surface area contributed by atoms with Gasteiger partial charge in [0.25, 0.3) is 0 Å². The highest BCUT2D eigenvalue weighted by Gasteiger charge is 2.07. The van der Waals surface area contributed by atoms with E-state index < -0.39 is 0 Å². The molecular formula is C13H19N3. The summed E-state index contributed by atoms with van der Waals surface area (Å²) < 4.78 is 0. The lowest BCUT2D eigenvalue weighted by molar-refractivity contribution is 0.742. The summed E-state index contributed by atoms with van der Waals surface area (Å²) in [4.78, 5) is 4.37. The van der Waals surface area contributed by atoms with Crippen molar-refractivity contribution < 1.29 is 0 Å². The van der Waals surface area contributed by atoms with E-state index in [4.69, 9.17) is 5.26 Å². The molecule has 1 aromatic heterocycles. The van der Waals surface area contributed by atoms with Crippen LogP contribution < -0.4 is 5.32 Å². The molecule has 16 heavy (non-hydrogen) atoms. The molecule has 0 bridgehead atoms. The molecule has 3 heteroatoms. The maximum Gasteiger partial charge on any atom is 0.144 e. The van der Waals surface area contributed by atoms with Crippen LogP contribution in [0.2, 0.25) is 0 Å². The average molecular weight is 217 g/mol. The zero-order valence-electron chi connectivity index (χ0n) is 10.3. The number of unbranched alkanes of at least 4 members (excludes halogenated alkanes) is 2. The van der Waals surface area contributed by atoms with Crippen LogP contribution in [0.1, 0.15) is 43.0 Å². The lowest BCUT2D eigenvalue weighted by Crippen LogP contribution is -2.07. The Bertz CT molecular complexity index is 391. The Labute approximate surface area is 97.5 Å². The van der Waals surface area contributed by atoms with E-state index in [0.29, 0.717) is 5.56 Å². The van der Waals surface area contributed by atoms with Crippen LogP contribution in [0.25, 0.3) is 0 Å². The zero-order chi connectivity index (χ0) is 12.0. The Balaban J connectivity index is 2.75. The summed E-state index contributed by atoms with van der Waals surface area (Å²) in [5.74, 6) is 0.733. The molecular weight excluding hydrogens is 198 g/mol. The van der Waals surface area contributed by atoms with Crippen molar-refractivity contribution in [3.05, 3.63) is 22.9 Å². The van der Waals surface area contributed by atoms with Crippen molar-refractivity contribution in [3.63, 3.8) is 0 Å². The van der Waals surface area contributed by atoms with Gasteiger partial charge in [0.1, 0.15) is 11.9 Å². The molecule has 0 aliphatic heterocycles. The normalized spacial score (nSPS) is 9.88. The molecule has 0 atom stereocenters. The third-order valence-electron chi connectivity index (χ3n) is 2.53. The van der Waals surface area contributed by atoms with Crippen molar-refractivity contribution in [3.8, 4) is 6.07 Å². The van der Waals surface area contributed by atoms with Gasteiger partial charge in [-0.1, -0.05) is 19.8 Å². The number of hydrogen-bond acceptors (Lipinski definition) is 3. The first-order valence-electron chi connectivity index (χ1n) is 5.81. The molecule has 1 aromatic rings. The molecule has 0 saturated carbocycles. The predicted octanol–water partition coefficient (Wildman–Crippen LogP) is 3.17. The summed E-state index contributed by atoms with van der Waals surface area (Å²) in [6.45, 7) is 6.96.